The first-order chi connectivity index (χ1) is 14.7. The van der Waals surface area contributed by atoms with Crippen LogP contribution < -0.4 is 10.2 Å². The lowest BCUT2D eigenvalue weighted by molar-refractivity contribution is -0.122. The smallest absolute Gasteiger partial charge is 0.229 e. The Morgan fingerprint density at radius 1 is 0.967 bits per heavy atom. The maximum Gasteiger partial charge on any atom is 0.229 e. The first-order valence-electron chi connectivity index (χ1n) is 9.89. The van der Waals surface area contributed by atoms with Gasteiger partial charge in [-0.15, -0.1) is 0 Å². The van der Waals surface area contributed by atoms with Crippen LogP contribution in [0.4, 0.5) is 11.4 Å². The Balaban J connectivity index is 1.38. The molecule has 1 fully saturated rings. The van der Waals surface area contributed by atoms with Gasteiger partial charge in [0.2, 0.25) is 11.8 Å². The molecule has 1 aromatic heterocycles. The lowest BCUT2D eigenvalue weighted by Crippen LogP contribution is -2.28. The van der Waals surface area contributed by atoms with Gasteiger partial charge in [0.25, 0.3) is 0 Å². The largest absolute Gasteiger partial charge is 0.338 e. The molecule has 0 saturated carbocycles. The van der Waals surface area contributed by atoms with E-state index >= 15 is 0 Å². The maximum atomic E-state index is 13.0. The molecule has 5 rings (SSSR count). The highest BCUT2D eigenvalue weighted by Gasteiger charge is 2.35. The van der Waals surface area contributed by atoms with E-state index in [1.165, 1.54) is 0 Å². The Kier molecular flexibility index (Phi) is 4.52. The zero-order valence-electron chi connectivity index (χ0n) is 16.2. The fourth-order valence-electron chi connectivity index (χ4n) is 3.85. The van der Waals surface area contributed by atoms with Crippen molar-refractivity contribution < 1.29 is 9.59 Å². The van der Waals surface area contributed by atoms with E-state index in [1.54, 1.807) is 4.90 Å². The summed E-state index contributed by atoms with van der Waals surface area (Å²) >= 11 is 0. The highest BCUT2D eigenvalue weighted by Crippen LogP contribution is 2.30. The molecular formula is C24H20N4O2. The van der Waals surface area contributed by atoms with Crippen molar-refractivity contribution in [2.75, 3.05) is 16.8 Å². The first kappa shape index (κ1) is 18.1. The Morgan fingerprint density at radius 3 is 2.53 bits per heavy atom. The minimum absolute atomic E-state index is 0.0353. The number of rotatable bonds is 4. The third-order valence-electron chi connectivity index (χ3n) is 5.39. The molecule has 0 spiro atoms. The molecule has 6 nitrogen and oxygen atoms in total. The van der Waals surface area contributed by atoms with E-state index in [2.05, 4.69) is 15.3 Å². The van der Waals surface area contributed by atoms with E-state index in [4.69, 9.17) is 0 Å². The summed E-state index contributed by atoms with van der Waals surface area (Å²) in [5.74, 6) is 0.0965. The highest BCUT2D eigenvalue weighted by atomic mass is 16.2. The van der Waals surface area contributed by atoms with Crippen LogP contribution in [0.1, 0.15) is 6.42 Å². The summed E-state index contributed by atoms with van der Waals surface area (Å²) in [7, 11) is 0. The van der Waals surface area contributed by atoms with E-state index in [0.29, 0.717) is 18.1 Å². The zero-order valence-corrected chi connectivity index (χ0v) is 16.2. The monoisotopic (exact) mass is 396 g/mol. The van der Waals surface area contributed by atoms with Gasteiger partial charge in [0.05, 0.1) is 22.6 Å². The molecule has 30 heavy (non-hydrogen) atoms. The molecule has 0 unspecified atom stereocenters. The average Bonchev–Trinajstić information content (AvgIpc) is 3.38. The van der Waals surface area contributed by atoms with Crippen LogP contribution >= 0.6 is 0 Å². The number of nitrogens with zero attached hydrogens (tertiary/aromatic N) is 2. The predicted octanol–water partition coefficient (Wildman–Crippen LogP) is 4.22. The molecule has 6 heteroatoms. The summed E-state index contributed by atoms with van der Waals surface area (Å²) in [5.41, 5.74) is 4.11. The quantitative estimate of drug-likeness (QED) is 0.542. The van der Waals surface area contributed by atoms with Gasteiger partial charge in [0, 0.05) is 24.2 Å². The Hall–Kier alpha value is -3.93. The summed E-state index contributed by atoms with van der Waals surface area (Å²) in [5, 5.41) is 3.01. The van der Waals surface area contributed by atoms with Crippen LogP contribution in [-0.2, 0) is 9.59 Å². The molecule has 2 N–H and O–H groups in total. The van der Waals surface area contributed by atoms with Crippen LogP contribution in [0.15, 0.2) is 78.9 Å². The molecule has 1 atom stereocenters. The van der Waals surface area contributed by atoms with Crippen LogP contribution in [0.2, 0.25) is 0 Å². The standard InChI is InChI=1S/C24H20N4O2/c29-22-14-16(15-28(22)17-8-2-1-3-9-17)24(30)27-19-11-5-4-10-18(19)23-25-20-12-6-7-13-21(20)26-23/h1-13,16H,14-15H2,(H,25,26)(H,27,30)/t16-/m1/s1. The van der Waals surface area contributed by atoms with Crippen molar-refractivity contribution in [3.05, 3.63) is 78.9 Å². The van der Waals surface area contributed by atoms with Crippen molar-refractivity contribution in [1.82, 2.24) is 9.97 Å². The number of benzene rings is 3. The Bertz CT molecular complexity index is 1200. The number of nitrogens with one attached hydrogen (secondary N) is 2. The maximum absolute atomic E-state index is 13.0. The molecule has 2 heterocycles. The summed E-state index contributed by atoms with van der Waals surface area (Å²) in [6.07, 6.45) is 0.202. The summed E-state index contributed by atoms with van der Waals surface area (Å²) in [6.45, 7) is 0.376. The molecule has 0 bridgehead atoms. The first-order valence-corrected chi connectivity index (χ1v) is 9.89. The van der Waals surface area contributed by atoms with E-state index in [1.807, 2.05) is 78.9 Å². The fraction of sp³-hybridized carbons (Fsp3) is 0.125. The number of anilines is 2. The number of hydrogen-bond acceptors (Lipinski definition) is 3. The summed E-state index contributed by atoms with van der Waals surface area (Å²) < 4.78 is 0. The number of aromatic amines is 1. The average molecular weight is 396 g/mol. The SMILES string of the molecule is O=C(Nc1ccccc1-c1nc2ccccc2[nH]1)[C@@H]1CC(=O)N(c2ccccc2)C1. The molecule has 1 aliphatic heterocycles. The number of imidazole rings is 1. The van der Waals surface area contributed by atoms with Crippen LogP contribution in [0.5, 0.6) is 0 Å². The molecular weight excluding hydrogens is 376 g/mol. The number of aromatic nitrogens is 2. The number of fused-ring (bicyclic) bond motifs is 1. The summed E-state index contributed by atoms with van der Waals surface area (Å²) in [4.78, 5) is 35.1. The van der Waals surface area contributed by atoms with Gasteiger partial charge in [-0.05, 0) is 36.4 Å². The number of amides is 2. The van der Waals surface area contributed by atoms with Gasteiger partial charge in [-0.3, -0.25) is 9.59 Å². The highest BCUT2D eigenvalue weighted by molar-refractivity contribution is 6.04. The van der Waals surface area contributed by atoms with Gasteiger partial charge in [-0.25, -0.2) is 4.98 Å². The molecule has 2 amide bonds. The van der Waals surface area contributed by atoms with Crippen molar-refractivity contribution in [1.29, 1.82) is 0 Å². The number of carbonyl (C=O) groups is 2. The topological polar surface area (TPSA) is 78.1 Å². The van der Waals surface area contributed by atoms with E-state index < -0.39 is 5.92 Å². The van der Waals surface area contributed by atoms with E-state index in [9.17, 15) is 9.59 Å². The van der Waals surface area contributed by atoms with Crippen LogP contribution in [-0.4, -0.2) is 28.3 Å². The van der Waals surface area contributed by atoms with Gasteiger partial charge in [-0.2, -0.15) is 0 Å². The number of hydrogen-bond donors (Lipinski definition) is 2. The molecule has 0 radical (unpaired) electrons. The van der Waals surface area contributed by atoms with Crippen molar-refractivity contribution in [2.24, 2.45) is 5.92 Å². The van der Waals surface area contributed by atoms with Gasteiger partial charge in [0.15, 0.2) is 0 Å². The van der Waals surface area contributed by atoms with Crippen LogP contribution in [0.25, 0.3) is 22.4 Å². The van der Waals surface area contributed by atoms with Crippen molar-refractivity contribution in [2.45, 2.75) is 6.42 Å². The Morgan fingerprint density at radius 2 is 1.70 bits per heavy atom. The molecule has 148 valence electrons. The van der Waals surface area contributed by atoms with Crippen molar-refractivity contribution >= 4 is 34.2 Å². The van der Waals surface area contributed by atoms with Gasteiger partial charge in [0.1, 0.15) is 5.82 Å². The Labute approximate surface area is 173 Å². The molecule has 4 aromatic rings. The number of H-pyrrole nitrogens is 1. The van der Waals surface area contributed by atoms with Gasteiger partial charge < -0.3 is 15.2 Å². The molecule has 3 aromatic carbocycles. The van der Waals surface area contributed by atoms with Crippen molar-refractivity contribution in [3.63, 3.8) is 0 Å². The third kappa shape index (κ3) is 3.33. The lowest BCUT2D eigenvalue weighted by Gasteiger charge is -2.17. The second kappa shape index (κ2) is 7.48. The fourth-order valence-corrected chi connectivity index (χ4v) is 3.85. The number of para-hydroxylation sites is 4. The van der Waals surface area contributed by atoms with E-state index in [-0.39, 0.29) is 18.2 Å². The van der Waals surface area contributed by atoms with Gasteiger partial charge >= 0.3 is 0 Å². The van der Waals surface area contributed by atoms with Gasteiger partial charge in [-0.1, -0.05) is 42.5 Å². The minimum Gasteiger partial charge on any atom is -0.338 e. The second-order valence-electron chi connectivity index (χ2n) is 7.38. The normalized spacial score (nSPS) is 16.2. The van der Waals surface area contributed by atoms with E-state index in [0.717, 1.165) is 22.3 Å². The number of carbonyl (C=O) groups excluding carboxylic acids is 2. The van der Waals surface area contributed by atoms with Crippen LogP contribution in [0, 0.1) is 5.92 Å². The van der Waals surface area contributed by atoms with Crippen LogP contribution in [0.3, 0.4) is 0 Å². The minimum atomic E-state index is -0.401. The van der Waals surface area contributed by atoms with Crippen molar-refractivity contribution in [3.8, 4) is 11.4 Å². The molecule has 1 saturated heterocycles. The zero-order chi connectivity index (χ0) is 20.5. The molecule has 1 aliphatic rings. The summed E-state index contributed by atoms with van der Waals surface area (Å²) in [6, 6.07) is 24.8. The predicted molar refractivity (Wildman–Crippen MR) is 117 cm³/mol. The molecule has 0 aliphatic carbocycles. The second-order valence-corrected chi connectivity index (χ2v) is 7.38. The lowest BCUT2D eigenvalue weighted by atomic mass is 10.1. The third-order valence-corrected chi connectivity index (χ3v) is 5.39.